The van der Waals surface area contributed by atoms with Crippen LogP contribution in [-0.4, -0.2) is 15.0 Å². The monoisotopic (exact) mass is 717 g/mol. The number of nitrogens with zero attached hydrogens (tertiary/aromatic N) is 3. The first-order chi connectivity index (χ1) is 27.7. The van der Waals surface area contributed by atoms with Gasteiger partial charge in [-0.3, -0.25) is 0 Å². The van der Waals surface area contributed by atoms with Crippen LogP contribution in [0.5, 0.6) is 0 Å². The van der Waals surface area contributed by atoms with Crippen LogP contribution in [0, 0.1) is 0 Å². The van der Waals surface area contributed by atoms with Crippen LogP contribution in [0.4, 0.5) is 0 Å². The van der Waals surface area contributed by atoms with Crippen LogP contribution in [0.1, 0.15) is 35.1 Å². The number of rotatable bonds is 4. The van der Waals surface area contributed by atoms with Gasteiger partial charge in [0.2, 0.25) is 0 Å². The molecule has 0 bridgehead atoms. The third-order valence-electron chi connectivity index (χ3n) is 11.5. The van der Waals surface area contributed by atoms with Crippen molar-refractivity contribution in [3.05, 3.63) is 193 Å². The van der Waals surface area contributed by atoms with Gasteiger partial charge in [-0.1, -0.05) is 146 Å². The molecule has 8 aromatic carbocycles. The Morgan fingerprint density at radius 1 is 0.429 bits per heavy atom. The van der Waals surface area contributed by atoms with Crippen molar-refractivity contribution in [1.82, 2.24) is 15.0 Å². The molecule has 11 aromatic rings. The molecule has 262 valence electrons. The minimum atomic E-state index is -0.0271. The summed E-state index contributed by atoms with van der Waals surface area (Å²) in [5, 5.41) is 10.5. The fourth-order valence-corrected chi connectivity index (χ4v) is 8.80. The molecule has 0 saturated heterocycles. The lowest BCUT2D eigenvalue weighted by Crippen LogP contribution is -2.10. The fourth-order valence-electron chi connectivity index (χ4n) is 8.80. The van der Waals surface area contributed by atoms with E-state index in [1.807, 2.05) is 30.3 Å². The van der Waals surface area contributed by atoms with Gasteiger partial charge in [0.15, 0.2) is 17.5 Å². The number of para-hydroxylation sites is 1. The van der Waals surface area contributed by atoms with Gasteiger partial charge in [0.05, 0.1) is 0 Å². The maximum absolute atomic E-state index is 6.81. The topological polar surface area (TPSA) is 65.0 Å². The molecule has 12 rings (SSSR count). The normalized spacial score (nSPS) is 14.3. The van der Waals surface area contributed by atoms with Crippen LogP contribution in [0.3, 0.4) is 0 Å². The third kappa shape index (κ3) is 4.77. The molecule has 0 N–H and O–H groups in total. The lowest BCUT2D eigenvalue weighted by Gasteiger charge is -2.22. The Bertz CT molecular complexity index is 3410. The zero-order chi connectivity index (χ0) is 36.7. The van der Waals surface area contributed by atoms with Crippen LogP contribution in [0.2, 0.25) is 0 Å². The van der Waals surface area contributed by atoms with Crippen molar-refractivity contribution in [3.8, 4) is 22.8 Å². The number of benzene rings is 8. The van der Waals surface area contributed by atoms with Crippen molar-refractivity contribution in [2.75, 3.05) is 0 Å². The van der Waals surface area contributed by atoms with E-state index in [1.54, 1.807) is 0 Å². The van der Waals surface area contributed by atoms with Crippen LogP contribution in [-0.2, 0) is 0 Å². The number of hydrogen-bond donors (Lipinski definition) is 0. The summed E-state index contributed by atoms with van der Waals surface area (Å²) in [4.78, 5) is 15.5. The Labute approximate surface area is 321 Å². The number of hydrogen-bond acceptors (Lipinski definition) is 5. The molecule has 5 heteroatoms. The van der Waals surface area contributed by atoms with Gasteiger partial charge in [-0.05, 0) is 68.6 Å². The largest absolute Gasteiger partial charge is 0.460 e. The third-order valence-corrected chi connectivity index (χ3v) is 11.5. The van der Waals surface area contributed by atoms with Gasteiger partial charge in [-0.15, -0.1) is 0 Å². The van der Waals surface area contributed by atoms with Crippen LogP contribution in [0.15, 0.2) is 179 Å². The zero-order valence-corrected chi connectivity index (χ0v) is 30.1. The molecule has 1 atom stereocenters. The second kappa shape index (κ2) is 12.1. The Kier molecular flexibility index (Phi) is 6.69. The van der Waals surface area contributed by atoms with E-state index in [0.29, 0.717) is 23.9 Å². The average molecular weight is 718 g/mol. The summed E-state index contributed by atoms with van der Waals surface area (Å²) in [6.45, 7) is 0. The Morgan fingerprint density at radius 3 is 1.96 bits per heavy atom. The predicted molar refractivity (Wildman–Crippen MR) is 227 cm³/mol. The van der Waals surface area contributed by atoms with Gasteiger partial charge in [-0.2, -0.15) is 0 Å². The molecule has 0 amide bonds. The number of allylic oxidation sites excluding steroid dienone is 1. The summed E-state index contributed by atoms with van der Waals surface area (Å²) >= 11 is 0. The molecule has 0 spiro atoms. The van der Waals surface area contributed by atoms with Crippen molar-refractivity contribution in [2.45, 2.75) is 12.3 Å². The lowest BCUT2D eigenvalue weighted by atomic mass is 9.82. The Hall–Kier alpha value is -7.37. The average Bonchev–Trinajstić information content (AvgIpc) is 3.85. The summed E-state index contributed by atoms with van der Waals surface area (Å²) in [6, 6.07) is 57.1. The highest BCUT2D eigenvalue weighted by Crippen LogP contribution is 2.47. The summed E-state index contributed by atoms with van der Waals surface area (Å²) in [7, 11) is 0. The summed E-state index contributed by atoms with van der Waals surface area (Å²) in [5.41, 5.74) is 7.59. The van der Waals surface area contributed by atoms with Crippen LogP contribution in [0.25, 0.3) is 93.6 Å². The maximum atomic E-state index is 6.81. The first-order valence-corrected chi connectivity index (χ1v) is 19.0. The van der Waals surface area contributed by atoms with Crippen LogP contribution < -0.4 is 0 Å². The van der Waals surface area contributed by atoms with Crippen molar-refractivity contribution >= 4 is 70.8 Å². The molecule has 5 nitrogen and oxygen atoms in total. The van der Waals surface area contributed by atoms with E-state index in [0.717, 1.165) is 71.9 Å². The number of furan rings is 2. The van der Waals surface area contributed by atoms with E-state index in [2.05, 4.69) is 140 Å². The van der Waals surface area contributed by atoms with Crippen molar-refractivity contribution in [2.24, 2.45) is 0 Å². The standard InChI is InChI=1S/C51H31N3O2/c1-2-12-32(13-3-1)49-52-50(35-21-23-37-33(28-35)19-18-30-10-4-6-14-36(30)37)54-51(53-49)42-26-25-39(48-47(42)40-16-8-9-17-43(40)56-48)34-20-24-41-45(29-34)55-44-27-22-31-11-5-7-15-38(31)46(41)44/h1-24,26-29,39H,25H2. The highest BCUT2D eigenvalue weighted by molar-refractivity contribution is 6.18. The highest BCUT2D eigenvalue weighted by Gasteiger charge is 2.32. The second-order valence-corrected chi connectivity index (χ2v) is 14.7. The summed E-state index contributed by atoms with van der Waals surface area (Å²) in [5.74, 6) is 2.76. The van der Waals surface area contributed by atoms with E-state index in [4.69, 9.17) is 23.8 Å². The minimum absolute atomic E-state index is 0.0271. The zero-order valence-electron chi connectivity index (χ0n) is 30.1. The molecule has 1 aliphatic carbocycles. The molecular formula is C51H31N3O2. The van der Waals surface area contributed by atoms with Gasteiger partial charge in [-0.25, -0.2) is 15.0 Å². The Morgan fingerprint density at radius 2 is 1.09 bits per heavy atom. The van der Waals surface area contributed by atoms with Gasteiger partial charge < -0.3 is 8.83 Å². The highest BCUT2D eigenvalue weighted by atomic mass is 16.3. The maximum Gasteiger partial charge on any atom is 0.164 e. The quantitative estimate of drug-likeness (QED) is 0.170. The molecular weight excluding hydrogens is 687 g/mol. The van der Waals surface area contributed by atoms with Gasteiger partial charge in [0, 0.05) is 44.3 Å². The number of fused-ring (bicyclic) bond motifs is 11. The van der Waals surface area contributed by atoms with Crippen molar-refractivity contribution < 1.29 is 8.83 Å². The van der Waals surface area contributed by atoms with Gasteiger partial charge in [0.1, 0.15) is 22.5 Å². The first-order valence-electron chi connectivity index (χ1n) is 19.0. The smallest absolute Gasteiger partial charge is 0.164 e. The predicted octanol–water partition coefficient (Wildman–Crippen LogP) is 13.3. The first kappa shape index (κ1) is 31.0. The van der Waals surface area contributed by atoms with E-state index in [-0.39, 0.29) is 5.92 Å². The number of aromatic nitrogens is 3. The SMILES string of the molecule is C1=C(c2nc(-c3ccccc3)nc(-c3ccc4c(ccc5ccccc54)c3)n2)c2c(oc3ccccc23)C(c2ccc3c(c2)oc2ccc4ccccc4c23)C1. The molecule has 56 heavy (non-hydrogen) atoms. The lowest BCUT2D eigenvalue weighted by molar-refractivity contribution is 0.515. The van der Waals surface area contributed by atoms with Gasteiger partial charge in [0.25, 0.3) is 0 Å². The van der Waals surface area contributed by atoms with E-state index < -0.39 is 0 Å². The molecule has 0 radical (unpaired) electrons. The minimum Gasteiger partial charge on any atom is -0.460 e. The molecule has 0 saturated carbocycles. The summed E-state index contributed by atoms with van der Waals surface area (Å²) < 4.78 is 13.3. The van der Waals surface area contributed by atoms with Crippen molar-refractivity contribution in [1.29, 1.82) is 0 Å². The fraction of sp³-hybridized carbons (Fsp3) is 0.0392. The van der Waals surface area contributed by atoms with E-state index >= 15 is 0 Å². The van der Waals surface area contributed by atoms with Crippen molar-refractivity contribution in [3.63, 3.8) is 0 Å². The Balaban J connectivity index is 1.02. The second-order valence-electron chi connectivity index (χ2n) is 14.7. The molecule has 0 fully saturated rings. The van der Waals surface area contributed by atoms with Gasteiger partial charge >= 0.3 is 0 Å². The van der Waals surface area contributed by atoms with E-state index in [9.17, 15) is 0 Å². The van der Waals surface area contributed by atoms with E-state index in [1.165, 1.54) is 26.9 Å². The molecule has 0 aliphatic heterocycles. The molecule has 1 unspecified atom stereocenters. The molecule has 3 heterocycles. The molecule has 3 aromatic heterocycles. The van der Waals surface area contributed by atoms with Crippen LogP contribution >= 0.6 is 0 Å². The molecule has 1 aliphatic rings. The summed E-state index contributed by atoms with van der Waals surface area (Å²) in [6.07, 6.45) is 2.99.